The van der Waals surface area contributed by atoms with Crippen LogP contribution in [0.15, 0.2) is 119 Å². The predicted molar refractivity (Wildman–Crippen MR) is 455 cm³/mol. The number of nitrogens with one attached hydrogen (secondary N) is 1. The molecule has 1 saturated heterocycles. The van der Waals surface area contributed by atoms with E-state index < -0.39 is 47.8 Å². The van der Waals surface area contributed by atoms with E-state index in [9.17, 15) is 64.7 Å². The third-order valence-corrected chi connectivity index (χ3v) is 24.7. The second-order valence-corrected chi connectivity index (χ2v) is 36.3. The summed E-state index contributed by atoms with van der Waals surface area (Å²) in [5.74, 6) is -2.82. The van der Waals surface area contributed by atoms with Gasteiger partial charge in [0.25, 0.3) is 0 Å². The lowest BCUT2D eigenvalue weighted by atomic mass is 9.82. The van der Waals surface area contributed by atoms with Crippen LogP contribution in [-0.4, -0.2) is 164 Å². The zero-order valence-electron chi connectivity index (χ0n) is 68.8. The Morgan fingerprint density at radius 3 is 1.32 bits per heavy atom. The first-order valence-corrected chi connectivity index (χ1v) is 43.2. The maximum Gasteiger partial charge on any atom is 0.498 e. The third kappa shape index (κ3) is 21.7. The average Bonchev–Trinajstić information content (AvgIpc) is 1.62. The molecule has 25 nitrogen and oxygen atoms in total. The quantitative estimate of drug-likeness (QED) is 0.0758. The Bertz CT molecular complexity index is 5030. The second-order valence-electron chi connectivity index (χ2n) is 33.8. The van der Waals surface area contributed by atoms with E-state index >= 15 is 0 Å². The molecule has 12 aliphatic rings. The van der Waals surface area contributed by atoms with Crippen molar-refractivity contribution in [2.24, 2.45) is 23.7 Å². The van der Waals surface area contributed by atoms with Crippen molar-refractivity contribution in [3.05, 3.63) is 124 Å². The van der Waals surface area contributed by atoms with E-state index in [1.54, 1.807) is 42.2 Å². The Morgan fingerprint density at radius 1 is 0.471 bits per heavy atom. The number of nitrogens with zero attached hydrogens (tertiary/aromatic N) is 12. The monoisotopic (exact) mass is 1850 g/mol. The topological polar surface area (TPSA) is 258 Å². The molecule has 121 heavy (non-hydrogen) atoms. The highest BCUT2D eigenvalue weighted by atomic mass is 79.9. The summed E-state index contributed by atoms with van der Waals surface area (Å²) >= 11 is 16.2. The molecule has 1 N–H and O–H groups in total. The van der Waals surface area contributed by atoms with Crippen LogP contribution in [0.2, 0.25) is 0 Å². The number of methoxy groups -OCH3 is 2. The normalized spacial score (nSPS) is 21.5. The Morgan fingerprint density at radius 2 is 0.876 bits per heavy atom. The van der Waals surface area contributed by atoms with Crippen molar-refractivity contribution in [2.45, 2.75) is 224 Å². The van der Waals surface area contributed by atoms with Crippen LogP contribution in [0.4, 0.5) is 75.7 Å². The minimum absolute atomic E-state index is 0.0562. The lowest BCUT2D eigenvalue weighted by molar-refractivity contribution is -0.171. The van der Waals surface area contributed by atoms with Gasteiger partial charge in [0.1, 0.15) is 0 Å². The molecule has 3 aromatic heterocycles. The number of anilines is 7. The highest BCUT2D eigenvalue weighted by molar-refractivity contribution is 9.10. The first-order chi connectivity index (χ1) is 57.2. The molecule has 0 spiro atoms. The van der Waals surface area contributed by atoms with Crippen LogP contribution in [0.5, 0.6) is 0 Å². The van der Waals surface area contributed by atoms with E-state index in [1.165, 1.54) is 70.6 Å². The molecule has 8 fully saturated rings. The molecule has 648 valence electrons. The van der Waals surface area contributed by atoms with Gasteiger partial charge in [0.05, 0.1) is 102 Å². The Kier molecular flexibility index (Phi) is 27.2. The second kappa shape index (κ2) is 36.5. The lowest BCUT2D eigenvalue weighted by Crippen LogP contribution is -2.55. The Hall–Kier alpha value is -8.83. The molecule has 19 rings (SSSR count). The summed E-state index contributed by atoms with van der Waals surface area (Å²) in [6.07, 6.45) is 17.9. The Balaban J connectivity index is 0.000000127. The smallest absolute Gasteiger partial charge is 0.457 e. The van der Waals surface area contributed by atoms with E-state index in [0.29, 0.717) is 53.4 Å². The number of hydrogen-bond donors (Lipinski definition) is 1. The van der Waals surface area contributed by atoms with E-state index in [-0.39, 0.29) is 89.3 Å². The number of carbonyl (C=O) groups is 8. The van der Waals surface area contributed by atoms with Crippen LogP contribution in [-0.2, 0) is 54.0 Å². The number of hydrogen-bond acceptors (Lipinski definition) is 16. The van der Waals surface area contributed by atoms with Gasteiger partial charge in [0, 0.05) is 123 Å². The van der Waals surface area contributed by atoms with Crippen LogP contribution in [0.3, 0.4) is 0 Å². The molecule has 7 saturated carbocycles. The van der Waals surface area contributed by atoms with Crippen LogP contribution >= 0.6 is 55.1 Å². The molecule has 6 amide bonds. The van der Waals surface area contributed by atoms with E-state index in [0.717, 1.165) is 128 Å². The number of halogens is 10. The van der Waals surface area contributed by atoms with Gasteiger partial charge in [0.15, 0.2) is 0 Å². The predicted octanol–water partition coefficient (Wildman–Crippen LogP) is 17.9. The van der Waals surface area contributed by atoms with Crippen molar-refractivity contribution >= 4 is 154 Å². The van der Waals surface area contributed by atoms with Gasteiger partial charge < -0.3 is 43.7 Å². The zero-order valence-corrected chi connectivity index (χ0v) is 73.5. The molecule has 7 aliphatic carbocycles. The summed E-state index contributed by atoms with van der Waals surface area (Å²) in [5, 5.41) is 16.7. The zero-order chi connectivity index (χ0) is 87.2. The number of alkyl halides is 6. The molecule has 4 aromatic carbocycles. The van der Waals surface area contributed by atoms with Crippen LogP contribution in [0.25, 0.3) is 22.3 Å². The summed E-state index contributed by atoms with van der Waals surface area (Å²) < 4.78 is 105. The standard InChI is InChI=1S/C21H24N4O3.C19H22N4O.C15H14BrF3N2O2.C12H19BN2O2.C12H11BrF3NO.C4H5ClO.C2H3ClO2/c1-13-11-23(20(26)14-3-4-14)19-9-15(5-8-18(19)25(13)21(27)28-2)16-10-22-24(12-16)17-6-7-17;1-12-10-22(19(24)13-2-3-13)18-8-14(4-7-17(18)21-12)15-9-20-23(11-15)16-5-6-16;1-8-7-20(13(22)9-2-3-9)12-6-10(16)4-5-11(12)21(8)14(23)15(17,18)19;1-11(2)12(3,4)17-13(16-11)9-7-14-15(8-9)10-5-6-10;1-7-2-3-8-6-9(13)4-5-10(8)17(7)11(18)12(14,15)16;5-4(6)3-1-2-3;1-5-2(3)4/h5,8-10,12-14,17H,3-4,6-7,11H2,1-2H3;4,7-9,11-13,16,21H,2-3,5-6,10H2,1H3;4-6,8-9H,2-3,7H2,1H3;7-8,10H,5-6H2,1-4H3;4-7H,2-3H2,1H3;3H,1-2H2;1H3/t13-;12-;8-;;7-;;/m000.0../s1. The first kappa shape index (κ1) is 89.9. The number of amides is 6. The number of aromatic nitrogens is 6. The van der Waals surface area contributed by atoms with Crippen molar-refractivity contribution in [2.75, 3.05) is 68.6 Å². The van der Waals surface area contributed by atoms with Gasteiger partial charge in [-0.15, -0.1) is 0 Å². The number of fused-ring (bicyclic) bond motifs is 4. The highest BCUT2D eigenvalue weighted by Crippen LogP contribution is 2.48. The largest absolute Gasteiger partial charge is 0.498 e. The maximum atomic E-state index is 12.9. The molecular formula is C85H98BBr2Cl2F6N13O12. The van der Waals surface area contributed by atoms with Gasteiger partial charge in [-0.25, -0.2) is 9.59 Å². The van der Waals surface area contributed by atoms with Gasteiger partial charge in [-0.3, -0.25) is 52.6 Å². The SMILES string of the molecule is CC1(C)OB(c2cnn(C3CC3)c2)OC1(C)C.COC(=O)Cl.COC(=O)N1c2ccc(-c3cnn(C4CC4)c3)cc2N(C(=O)C2CC2)C[C@@H]1C.C[C@H]1CCc2cc(Br)ccc2N1C(=O)C(F)(F)F.C[C@H]1CN(C(=O)C2CC2)c2cc(-c3cnn(C4CC4)c3)ccc2N1.C[C@H]1CN(C(=O)C2CC2)c2cc(Br)ccc2N1C(=O)C(F)(F)F.O=C(Cl)C1CC1. The maximum absolute atomic E-state index is 12.9. The van der Waals surface area contributed by atoms with Crippen molar-refractivity contribution in [1.29, 1.82) is 0 Å². The van der Waals surface area contributed by atoms with Crippen molar-refractivity contribution in [3.63, 3.8) is 0 Å². The molecule has 8 heterocycles. The molecule has 0 radical (unpaired) electrons. The molecule has 7 aromatic rings. The van der Waals surface area contributed by atoms with Crippen molar-refractivity contribution < 1.29 is 83.5 Å². The van der Waals surface area contributed by atoms with Gasteiger partial charge in [-0.1, -0.05) is 44.0 Å². The van der Waals surface area contributed by atoms with Gasteiger partial charge in [-0.05, 0) is 247 Å². The average molecular weight is 1850 g/mol. The molecule has 0 bridgehead atoms. The highest BCUT2D eigenvalue weighted by Gasteiger charge is 2.54. The summed E-state index contributed by atoms with van der Waals surface area (Å²) in [6.45, 7) is 16.8. The van der Waals surface area contributed by atoms with Crippen LogP contribution in [0.1, 0.15) is 175 Å². The number of aryl methyl sites for hydroxylation is 1. The van der Waals surface area contributed by atoms with Crippen LogP contribution in [0, 0.1) is 23.7 Å². The fourth-order valence-corrected chi connectivity index (χ4v) is 15.7. The molecule has 0 unspecified atom stereocenters. The third-order valence-electron chi connectivity index (χ3n) is 23.2. The van der Waals surface area contributed by atoms with E-state index in [2.05, 4.69) is 145 Å². The molecule has 5 aliphatic heterocycles. The minimum atomic E-state index is -4.96. The molecule has 36 heteroatoms. The fraction of sp³-hybridized carbons (Fsp3) is 0.518. The van der Waals surface area contributed by atoms with Crippen LogP contribution < -0.4 is 40.2 Å². The Labute approximate surface area is 725 Å². The first-order valence-electron chi connectivity index (χ1n) is 40.9. The molecular weight excluding hydrogens is 1750 g/mol. The summed E-state index contributed by atoms with van der Waals surface area (Å²) in [7, 11) is 2.32. The van der Waals surface area contributed by atoms with Gasteiger partial charge in [0.2, 0.25) is 23.0 Å². The summed E-state index contributed by atoms with van der Waals surface area (Å²) in [5.41, 5.74) is 9.12. The number of carbonyl (C=O) groups excluding carboxylic acids is 8. The number of ether oxygens (including phenoxy) is 2. The van der Waals surface area contributed by atoms with Gasteiger partial charge in [-0.2, -0.15) is 41.6 Å². The molecule has 4 atom stereocenters. The summed E-state index contributed by atoms with van der Waals surface area (Å²) in [4.78, 5) is 102. The number of rotatable bonds is 10. The fourth-order valence-electron chi connectivity index (χ4n) is 14.8. The minimum Gasteiger partial charge on any atom is -0.457 e. The van der Waals surface area contributed by atoms with E-state index in [1.807, 2.05) is 62.9 Å². The lowest BCUT2D eigenvalue weighted by Gasteiger charge is -2.41. The van der Waals surface area contributed by atoms with E-state index in [4.69, 9.17) is 25.6 Å². The number of benzene rings is 4. The summed E-state index contributed by atoms with van der Waals surface area (Å²) in [6, 6.07) is 22.5. The van der Waals surface area contributed by atoms with Crippen molar-refractivity contribution in [1.82, 2.24) is 29.3 Å². The van der Waals surface area contributed by atoms with Gasteiger partial charge >= 0.3 is 42.8 Å². The van der Waals surface area contributed by atoms with Crippen molar-refractivity contribution in [3.8, 4) is 22.3 Å².